The summed E-state index contributed by atoms with van der Waals surface area (Å²) >= 11 is 0. The second-order valence-electron chi connectivity index (χ2n) is 8.08. The summed E-state index contributed by atoms with van der Waals surface area (Å²) in [6.07, 6.45) is 8.51. The van der Waals surface area contributed by atoms with E-state index in [-0.39, 0.29) is 17.9 Å². The van der Waals surface area contributed by atoms with E-state index in [2.05, 4.69) is 35.9 Å². The third-order valence-electron chi connectivity index (χ3n) is 5.59. The topological polar surface area (TPSA) is 67.2 Å². The van der Waals surface area contributed by atoms with Gasteiger partial charge in [-0.1, -0.05) is 0 Å². The fourth-order valence-electron chi connectivity index (χ4n) is 3.96. The van der Waals surface area contributed by atoms with Gasteiger partial charge in [-0.3, -0.25) is 9.48 Å². The molecule has 1 saturated heterocycles. The van der Waals surface area contributed by atoms with Crippen LogP contribution in [0.25, 0.3) is 0 Å². The van der Waals surface area contributed by atoms with Gasteiger partial charge in [0.25, 0.3) is 5.91 Å². The number of likely N-dealkylation sites (tertiary alicyclic amines) is 1. The zero-order chi connectivity index (χ0) is 19.0. The summed E-state index contributed by atoms with van der Waals surface area (Å²) in [6.45, 7) is 7.55. The fraction of sp³-hybridized carbons (Fsp3) is 0.600. The number of carbonyl (C=O) groups is 1. The summed E-state index contributed by atoms with van der Waals surface area (Å²) in [7, 11) is 2.13. The SMILES string of the molecule is CC(C)n1cc(C(=O)N2CCCC(c3ncc4c(n3)CCN(C)C4)C2)cn1. The van der Waals surface area contributed by atoms with Crippen LogP contribution in [0.2, 0.25) is 0 Å². The highest BCUT2D eigenvalue weighted by Crippen LogP contribution is 2.27. The largest absolute Gasteiger partial charge is 0.338 e. The summed E-state index contributed by atoms with van der Waals surface area (Å²) < 4.78 is 1.83. The van der Waals surface area contributed by atoms with Crippen LogP contribution in [-0.4, -0.2) is 62.1 Å². The summed E-state index contributed by atoms with van der Waals surface area (Å²) in [5.74, 6) is 1.17. The Morgan fingerprint density at radius 3 is 2.89 bits per heavy atom. The Balaban J connectivity index is 1.48. The van der Waals surface area contributed by atoms with E-state index in [0.29, 0.717) is 12.1 Å². The zero-order valence-corrected chi connectivity index (χ0v) is 16.4. The average Bonchev–Trinajstić information content (AvgIpc) is 3.17. The number of aromatic nitrogens is 4. The van der Waals surface area contributed by atoms with Crippen LogP contribution in [0.15, 0.2) is 18.6 Å². The highest BCUT2D eigenvalue weighted by atomic mass is 16.2. The number of carbonyl (C=O) groups excluding carboxylic acids is 1. The van der Waals surface area contributed by atoms with Crippen LogP contribution >= 0.6 is 0 Å². The van der Waals surface area contributed by atoms with Gasteiger partial charge in [0.05, 0.1) is 11.8 Å². The predicted octanol–water partition coefficient (Wildman–Crippen LogP) is 2.26. The monoisotopic (exact) mass is 368 g/mol. The molecule has 0 aromatic carbocycles. The van der Waals surface area contributed by atoms with Crippen LogP contribution in [0, 0.1) is 0 Å². The van der Waals surface area contributed by atoms with Crippen molar-refractivity contribution in [2.45, 2.75) is 51.6 Å². The first-order valence-corrected chi connectivity index (χ1v) is 9.88. The molecule has 1 atom stereocenters. The summed E-state index contributed by atoms with van der Waals surface area (Å²) in [6, 6.07) is 0.253. The average molecular weight is 368 g/mol. The zero-order valence-electron chi connectivity index (χ0n) is 16.4. The number of fused-ring (bicyclic) bond motifs is 1. The molecule has 0 radical (unpaired) electrons. The second kappa shape index (κ2) is 7.38. The van der Waals surface area contributed by atoms with Crippen molar-refractivity contribution >= 4 is 5.91 Å². The smallest absolute Gasteiger partial charge is 0.257 e. The lowest BCUT2D eigenvalue weighted by atomic mass is 9.96. The van der Waals surface area contributed by atoms with E-state index in [9.17, 15) is 4.79 Å². The number of rotatable bonds is 3. The normalized spacial score (nSPS) is 20.7. The summed E-state index contributed by atoms with van der Waals surface area (Å²) in [5.41, 5.74) is 3.08. The lowest BCUT2D eigenvalue weighted by Crippen LogP contribution is -2.39. The van der Waals surface area contributed by atoms with Crippen molar-refractivity contribution in [1.29, 1.82) is 0 Å². The number of amides is 1. The first-order chi connectivity index (χ1) is 13.0. The maximum Gasteiger partial charge on any atom is 0.257 e. The van der Waals surface area contributed by atoms with Gasteiger partial charge in [0.1, 0.15) is 5.82 Å². The number of hydrogen-bond acceptors (Lipinski definition) is 5. The molecule has 0 aliphatic carbocycles. The van der Waals surface area contributed by atoms with Crippen molar-refractivity contribution in [3.8, 4) is 0 Å². The highest BCUT2D eigenvalue weighted by molar-refractivity contribution is 5.93. The molecule has 144 valence electrons. The summed E-state index contributed by atoms with van der Waals surface area (Å²) in [5, 5.41) is 4.30. The van der Waals surface area contributed by atoms with Crippen molar-refractivity contribution < 1.29 is 4.79 Å². The van der Waals surface area contributed by atoms with Crippen LogP contribution in [0.5, 0.6) is 0 Å². The Labute approximate surface area is 160 Å². The molecule has 7 heteroatoms. The first-order valence-electron chi connectivity index (χ1n) is 9.88. The van der Waals surface area contributed by atoms with Gasteiger partial charge in [0.2, 0.25) is 0 Å². The van der Waals surface area contributed by atoms with E-state index in [0.717, 1.165) is 44.7 Å². The fourth-order valence-corrected chi connectivity index (χ4v) is 3.96. The minimum absolute atomic E-state index is 0.0613. The molecule has 0 saturated carbocycles. The van der Waals surface area contributed by atoms with Crippen LogP contribution in [-0.2, 0) is 13.0 Å². The molecule has 1 unspecified atom stereocenters. The van der Waals surface area contributed by atoms with Gasteiger partial charge in [-0.2, -0.15) is 5.10 Å². The van der Waals surface area contributed by atoms with Crippen molar-refractivity contribution in [3.05, 3.63) is 41.2 Å². The Morgan fingerprint density at radius 2 is 2.11 bits per heavy atom. The predicted molar refractivity (Wildman–Crippen MR) is 103 cm³/mol. The van der Waals surface area contributed by atoms with E-state index in [4.69, 9.17) is 4.98 Å². The Bertz CT molecular complexity index is 830. The highest BCUT2D eigenvalue weighted by Gasteiger charge is 2.28. The van der Waals surface area contributed by atoms with Gasteiger partial charge < -0.3 is 9.80 Å². The molecule has 0 bridgehead atoms. The van der Waals surface area contributed by atoms with Crippen LogP contribution in [0.1, 0.15) is 66.1 Å². The first kappa shape index (κ1) is 18.1. The third-order valence-corrected chi connectivity index (χ3v) is 5.59. The maximum atomic E-state index is 12.9. The van der Waals surface area contributed by atoms with Gasteiger partial charge in [-0.25, -0.2) is 9.97 Å². The van der Waals surface area contributed by atoms with Gasteiger partial charge in [0, 0.05) is 68.2 Å². The van der Waals surface area contributed by atoms with Gasteiger partial charge >= 0.3 is 0 Å². The number of likely N-dealkylation sites (N-methyl/N-ethyl adjacent to an activating group) is 1. The third kappa shape index (κ3) is 3.74. The molecule has 2 aliphatic rings. The number of hydrogen-bond donors (Lipinski definition) is 0. The van der Waals surface area contributed by atoms with Crippen molar-refractivity contribution in [2.75, 3.05) is 26.7 Å². The molecule has 0 N–H and O–H groups in total. The minimum atomic E-state index is 0.0613. The quantitative estimate of drug-likeness (QED) is 0.831. The second-order valence-corrected chi connectivity index (χ2v) is 8.08. The van der Waals surface area contributed by atoms with Gasteiger partial charge in [0.15, 0.2) is 0 Å². The van der Waals surface area contributed by atoms with E-state index < -0.39 is 0 Å². The van der Waals surface area contributed by atoms with Crippen molar-refractivity contribution in [3.63, 3.8) is 0 Å². The van der Waals surface area contributed by atoms with E-state index in [1.165, 1.54) is 11.3 Å². The molecule has 7 nitrogen and oxygen atoms in total. The molecule has 1 fully saturated rings. The standard InChI is InChI=1S/C20H28N6O/c1-14(2)26-13-17(10-22-26)20(27)25-7-4-5-15(12-25)19-21-9-16-11-24(3)8-6-18(16)23-19/h9-10,13-15H,4-8,11-12H2,1-3H3. The molecule has 27 heavy (non-hydrogen) atoms. The molecule has 4 rings (SSSR count). The molecule has 2 aliphatic heterocycles. The lowest BCUT2D eigenvalue weighted by molar-refractivity contribution is 0.0704. The van der Waals surface area contributed by atoms with Gasteiger partial charge in [-0.15, -0.1) is 0 Å². The molecule has 0 spiro atoms. The maximum absolute atomic E-state index is 12.9. The van der Waals surface area contributed by atoms with Crippen LogP contribution < -0.4 is 0 Å². The molecule has 2 aromatic rings. The number of nitrogens with zero attached hydrogens (tertiary/aromatic N) is 6. The molecular formula is C20H28N6O. The van der Waals surface area contributed by atoms with Crippen molar-refractivity contribution in [1.82, 2.24) is 29.5 Å². The number of piperidine rings is 1. The Morgan fingerprint density at radius 1 is 1.26 bits per heavy atom. The van der Waals surface area contributed by atoms with E-state index in [1.54, 1.807) is 6.20 Å². The van der Waals surface area contributed by atoms with E-state index in [1.807, 2.05) is 22.0 Å². The van der Waals surface area contributed by atoms with Crippen molar-refractivity contribution in [2.24, 2.45) is 0 Å². The van der Waals surface area contributed by atoms with E-state index >= 15 is 0 Å². The van der Waals surface area contributed by atoms with Gasteiger partial charge in [-0.05, 0) is 33.7 Å². The van der Waals surface area contributed by atoms with Crippen LogP contribution in [0.3, 0.4) is 0 Å². The molecule has 2 aromatic heterocycles. The Kier molecular flexibility index (Phi) is 4.95. The minimum Gasteiger partial charge on any atom is -0.338 e. The molecule has 1 amide bonds. The lowest BCUT2D eigenvalue weighted by Gasteiger charge is -2.32. The molecular weight excluding hydrogens is 340 g/mol. The molecule has 4 heterocycles. The van der Waals surface area contributed by atoms with Crippen LogP contribution in [0.4, 0.5) is 0 Å². The Hall–Kier alpha value is -2.28. The summed E-state index contributed by atoms with van der Waals surface area (Å²) in [4.78, 5) is 26.7.